The molecule has 0 saturated carbocycles. The molecule has 0 radical (unpaired) electrons. The summed E-state index contributed by atoms with van der Waals surface area (Å²) in [5.41, 5.74) is 2.77. The number of amides is 1. The molecule has 6 nitrogen and oxygen atoms in total. The van der Waals surface area contributed by atoms with Crippen molar-refractivity contribution in [3.05, 3.63) is 75.6 Å². The summed E-state index contributed by atoms with van der Waals surface area (Å²) in [7, 11) is 0. The molecule has 0 spiro atoms. The number of carbonyl (C=O) groups excluding carboxylic acids is 3. The second-order valence-corrected chi connectivity index (χ2v) is 7.84. The SMILES string of the molecule is CCOC(=O)c1c(-c2ccc(Cl)cc2)csc1NC(=O)COC(=O)c1ccccc1C. The van der Waals surface area contributed by atoms with E-state index < -0.39 is 24.5 Å². The molecule has 31 heavy (non-hydrogen) atoms. The Balaban J connectivity index is 1.76. The lowest BCUT2D eigenvalue weighted by Gasteiger charge is -2.10. The molecular weight excluding hydrogens is 438 g/mol. The molecule has 1 N–H and O–H groups in total. The number of ether oxygens (including phenoxy) is 2. The predicted octanol–water partition coefficient (Wildman–Crippen LogP) is 5.35. The first-order valence-electron chi connectivity index (χ1n) is 9.47. The van der Waals surface area contributed by atoms with Gasteiger partial charge in [0.05, 0.1) is 12.2 Å². The van der Waals surface area contributed by atoms with Crippen molar-refractivity contribution in [1.82, 2.24) is 0 Å². The number of hydrogen-bond acceptors (Lipinski definition) is 6. The molecule has 0 saturated heterocycles. The summed E-state index contributed by atoms with van der Waals surface area (Å²) >= 11 is 7.14. The van der Waals surface area contributed by atoms with E-state index in [4.69, 9.17) is 21.1 Å². The summed E-state index contributed by atoms with van der Waals surface area (Å²) in [6, 6.07) is 13.9. The fourth-order valence-electron chi connectivity index (χ4n) is 2.87. The molecule has 8 heteroatoms. The van der Waals surface area contributed by atoms with Crippen LogP contribution in [0.1, 0.15) is 33.2 Å². The van der Waals surface area contributed by atoms with Gasteiger partial charge in [-0.1, -0.05) is 41.9 Å². The molecule has 0 aliphatic rings. The summed E-state index contributed by atoms with van der Waals surface area (Å²) in [5, 5.41) is 5.29. The second-order valence-electron chi connectivity index (χ2n) is 6.52. The van der Waals surface area contributed by atoms with E-state index in [-0.39, 0.29) is 12.2 Å². The zero-order chi connectivity index (χ0) is 22.4. The molecule has 1 amide bonds. The standard InChI is InChI=1S/C23H20ClNO5S/c1-3-29-23(28)20-18(15-8-10-16(24)11-9-15)13-31-21(20)25-19(26)12-30-22(27)17-7-5-4-6-14(17)2/h4-11,13H,3,12H2,1-2H3,(H,25,26). The topological polar surface area (TPSA) is 81.7 Å². The van der Waals surface area contributed by atoms with Gasteiger partial charge in [-0.25, -0.2) is 9.59 Å². The quantitative estimate of drug-likeness (QED) is 0.483. The second kappa shape index (κ2) is 10.2. The van der Waals surface area contributed by atoms with E-state index in [2.05, 4.69) is 5.32 Å². The molecule has 0 fully saturated rings. The summed E-state index contributed by atoms with van der Waals surface area (Å²) in [4.78, 5) is 37.2. The van der Waals surface area contributed by atoms with Gasteiger partial charge in [0.15, 0.2) is 6.61 Å². The van der Waals surface area contributed by atoms with E-state index in [9.17, 15) is 14.4 Å². The Labute approximate surface area is 188 Å². The summed E-state index contributed by atoms with van der Waals surface area (Å²) in [5.74, 6) is -1.70. The summed E-state index contributed by atoms with van der Waals surface area (Å²) < 4.78 is 10.3. The third-order valence-corrected chi connectivity index (χ3v) is 5.53. The van der Waals surface area contributed by atoms with E-state index in [1.165, 1.54) is 11.3 Å². The van der Waals surface area contributed by atoms with Crippen molar-refractivity contribution in [3.8, 4) is 11.1 Å². The van der Waals surface area contributed by atoms with Crippen LogP contribution in [0.4, 0.5) is 5.00 Å². The number of nitrogens with one attached hydrogen (secondary N) is 1. The van der Waals surface area contributed by atoms with Crippen LogP contribution in [-0.2, 0) is 14.3 Å². The summed E-state index contributed by atoms with van der Waals surface area (Å²) in [6.07, 6.45) is 0. The highest BCUT2D eigenvalue weighted by Gasteiger charge is 2.23. The van der Waals surface area contributed by atoms with Gasteiger partial charge in [0.25, 0.3) is 5.91 Å². The van der Waals surface area contributed by atoms with Crippen LogP contribution in [0.25, 0.3) is 11.1 Å². The van der Waals surface area contributed by atoms with E-state index in [1.807, 2.05) is 6.07 Å². The molecule has 160 valence electrons. The van der Waals surface area contributed by atoms with Gasteiger partial charge in [-0.15, -0.1) is 11.3 Å². The average Bonchev–Trinajstić information content (AvgIpc) is 3.16. The van der Waals surface area contributed by atoms with Crippen molar-refractivity contribution in [1.29, 1.82) is 0 Å². The Morgan fingerprint density at radius 3 is 2.39 bits per heavy atom. The minimum atomic E-state index is -0.591. The molecule has 0 aliphatic carbocycles. The van der Waals surface area contributed by atoms with Crippen molar-refractivity contribution >= 4 is 45.8 Å². The molecule has 1 aromatic heterocycles. The Morgan fingerprint density at radius 1 is 1.00 bits per heavy atom. The van der Waals surface area contributed by atoms with Crippen LogP contribution in [0.3, 0.4) is 0 Å². The Morgan fingerprint density at radius 2 is 1.71 bits per heavy atom. The van der Waals surface area contributed by atoms with Gasteiger partial charge in [0.2, 0.25) is 0 Å². The molecule has 0 bridgehead atoms. The van der Waals surface area contributed by atoms with Crippen LogP contribution in [0.15, 0.2) is 53.9 Å². The maximum Gasteiger partial charge on any atom is 0.341 e. The lowest BCUT2D eigenvalue weighted by atomic mass is 10.0. The highest BCUT2D eigenvalue weighted by Crippen LogP contribution is 2.36. The van der Waals surface area contributed by atoms with E-state index in [0.717, 1.165) is 11.1 Å². The molecule has 3 rings (SSSR count). The molecule has 2 aromatic carbocycles. The highest BCUT2D eigenvalue weighted by molar-refractivity contribution is 7.15. The number of rotatable bonds is 7. The Bertz CT molecular complexity index is 1110. The third-order valence-electron chi connectivity index (χ3n) is 4.38. The number of hydrogen-bond donors (Lipinski definition) is 1. The van der Waals surface area contributed by atoms with Gasteiger partial charge in [0.1, 0.15) is 10.6 Å². The van der Waals surface area contributed by atoms with Crippen molar-refractivity contribution in [2.75, 3.05) is 18.5 Å². The Hall–Kier alpha value is -3.16. The number of esters is 2. The fraction of sp³-hybridized carbons (Fsp3) is 0.174. The number of carbonyl (C=O) groups is 3. The predicted molar refractivity (Wildman–Crippen MR) is 121 cm³/mol. The maximum absolute atomic E-state index is 12.6. The smallest absolute Gasteiger partial charge is 0.341 e. The molecule has 0 unspecified atom stereocenters. The van der Waals surface area contributed by atoms with Crippen molar-refractivity contribution in [3.63, 3.8) is 0 Å². The molecule has 1 heterocycles. The van der Waals surface area contributed by atoms with Crippen LogP contribution < -0.4 is 5.32 Å². The fourth-order valence-corrected chi connectivity index (χ4v) is 3.97. The van der Waals surface area contributed by atoms with E-state index in [0.29, 0.717) is 21.2 Å². The van der Waals surface area contributed by atoms with E-state index in [1.54, 1.807) is 61.7 Å². The monoisotopic (exact) mass is 457 g/mol. The average molecular weight is 458 g/mol. The van der Waals surface area contributed by atoms with Gasteiger partial charge >= 0.3 is 11.9 Å². The van der Waals surface area contributed by atoms with Gasteiger partial charge in [-0.05, 0) is 43.2 Å². The van der Waals surface area contributed by atoms with Crippen LogP contribution in [0.2, 0.25) is 5.02 Å². The zero-order valence-corrected chi connectivity index (χ0v) is 18.5. The van der Waals surface area contributed by atoms with Crippen LogP contribution in [0, 0.1) is 6.92 Å². The number of anilines is 1. The van der Waals surface area contributed by atoms with Crippen molar-refractivity contribution in [2.45, 2.75) is 13.8 Å². The van der Waals surface area contributed by atoms with Crippen LogP contribution in [0.5, 0.6) is 0 Å². The third kappa shape index (κ3) is 5.51. The first-order valence-corrected chi connectivity index (χ1v) is 10.7. The van der Waals surface area contributed by atoms with Gasteiger partial charge in [0, 0.05) is 16.0 Å². The highest BCUT2D eigenvalue weighted by atomic mass is 35.5. The van der Waals surface area contributed by atoms with Gasteiger partial charge in [-0.2, -0.15) is 0 Å². The summed E-state index contributed by atoms with van der Waals surface area (Å²) in [6.45, 7) is 3.20. The van der Waals surface area contributed by atoms with Gasteiger partial charge in [-0.3, -0.25) is 4.79 Å². The maximum atomic E-state index is 12.6. The molecule has 0 aliphatic heterocycles. The minimum Gasteiger partial charge on any atom is -0.462 e. The minimum absolute atomic E-state index is 0.191. The molecule has 0 atom stereocenters. The molecule has 3 aromatic rings. The molecular formula is C23H20ClNO5S. The Kier molecular flexibility index (Phi) is 7.44. The van der Waals surface area contributed by atoms with Crippen molar-refractivity contribution in [2.24, 2.45) is 0 Å². The zero-order valence-electron chi connectivity index (χ0n) is 16.9. The lowest BCUT2D eigenvalue weighted by Crippen LogP contribution is -2.22. The lowest BCUT2D eigenvalue weighted by molar-refractivity contribution is -0.119. The van der Waals surface area contributed by atoms with Gasteiger partial charge < -0.3 is 14.8 Å². The first-order chi connectivity index (χ1) is 14.9. The normalized spacial score (nSPS) is 10.4. The number of halogens is 1. The number of thiophene rings is 1. The van der Waals surface area contributed by atoms with E-state index >= 15 is 0 Å². The number of aryl methyl sites for hydroxylation is 1. The van der Waals surface area contributed by atoms with Crippen molar-refractivity contribution < 1.29 is 23.9 Å². The largest absolute Gasteiger partial charge is 0.462 e. The van der Waals surface area contributed by atoms with Crippen LogP contribution >= 0.6 is 22.9 Å². The first kappa shape index (κ1) is 22.5. The van der Waals surface area contributed by atoms with Crippen LogP contribution in [-0.4, -0.2) is 31.1 Å². The number of benzene rings is 2.